The van der Waals surface area contributed by atoms with Crippen LogP contribution in [0.3, 0.4) is 0 Å². The van der Waals surface area contributed by atoms with Crippen molar-refractivity contribution in [1.82, 2.24) is 0 Å². The molecule has 4 heteroatoms. The van der Waals surface area contributed by atoms with Crippen molar-refractivity contribution in [1.29, 1.82) is 0 Å². The molecule has 2 aromatic rings. The lowest BCUT2D eigenvalue weighted by atomic mass is 10.0. The lowest BCUT2D eigenvalue weighted by molar-refractivity contribution is 0.162. The average molecular weight is 259 g/mol. The molecule has 0 fully saturated rings. The number of ether oxygens (including phenoxy) is 2. The van der Waals surface area contributed by atoms with Crippen LogP contribution in [0.4, 0.5) is 0 Å². The van der Waals surface area contributed by atoms with Crippen molar-refractivity contribution >= 4 is 0 Å². The SMILES string of the molecule is COCc1ccc(C(N)c2ccc3c(c2)CCO3)o1. The molecule has 1 aliphatic heterocycles. The summed E-state index contributed by atoms with van der Waals surface area (Å²) in [6.07, 6.45) is 0.947. The molecule has 1 aromatic carbocycles. The smallest absolute Gasteiger partial charge is 0.129 e. The highest BCUT2D eigenvalue weighted by molar-refractivity contribution is 5.42. The van der Waals surface area contributed by atoms with E-state index >= 15 is 0 Å². The van der Waals surface area contributed by atoms with E-state index in [0.29, 0.717) is 6.61 Å². The van der Waals surface area contributed by atoms with Crippen molar-refractivity contribution < 1.29 is 13.9 Å². The zero-order valence-electron chi connectivity index (χ0n) is 10.9. The molecule has 1 aromatic heterocycles. The summed E-state index contributed by atoms with van der Waals surface area (Å²) in [5.41, 5.74) is 8.51. The second kappa shape index (κ2) is 5.07. The van der Waals surface area contributed by atoms with Crippen molar-refractivity contribution in [3.63, 3.8) is 0 Å². The van der Waals surface area contributed by atoms with Crippen LogP contribution in [0.5, 0.6) is 5.75 Å². The van der Waals surface area contributed by atoms with Crippen molar-refractivity contribution in [3.05, 3.63) is 53.0 Å². The molecular formula is C15H17NO3. The quantitative estimate of drug-likeness (QED) is 0.916. The van der Waals surface area contributed by atoms with Crippen LogP contribution in [0.2, 0.25) is 0 Å². The highest BCUT2D eigenvalue weighted by Crippen LogP contribution is 2.30. The lowest BCUT2D eigenvalue weighted by Gasteiger charge is -2.10. The monoisotopic (exact) mass is 259 g/mol. The summed E-state index contributed by atoms with van der Waals surface area (Å²) in [7, 11) is 1.64. The molecule has 1 aliphatic rings. The van der Waals surface area contributed by atoms with Gasteiger partial charge in [-0.1, -0.05) is 6.07 Å². The standard InChI is InChI=1S/C15H17NO3/c1-17-9-12-3-5-14(19-12)15(16)11-2-4-13-10(8-11)6-7-18-13/h2-5,8,15H,6-7,9,16H2,1H3. The number of hydrogen-bond acceptors (Lipinski definition) is 4. The van der Waals surface area contributed by atoms with Gasteiger partial charge in [0.15, 0.2) is 0 Å². The lowest BCUT2D eigenvalue weighted by Crippen LogP contribution is -2.11. The Bertz CT molecular complexity index is 577. The molecule has 0 radical (unpaired) electrons. The minimum absolute atomic E-state index is 0.253. The van der Waals surface area contributed by atoms with Gasteiger partial charge in [0.05, 0.1) is 12.6 Å². The highest BCUT2D eigenvalue weighted by Gasteiger charge is 2.18. The molecular weight excluding hydrogens is 242 g/mol. The fourth-order valence-corrected chi connectivity index (χ4v) is 2.35. The van der Waals surface area contributed by atoms with E-state index in [2.05, 4.69) is 6.07 Å². The van der Waals surface area contributed by atoms with Gasteiger partial charge in [-0.05, 0) is 35.4 Å². The summed E-state index contributed by atoms with van der Waals surface area (Å²) in [6.45, 7) is 1.22. The third kappa shape index (κ3) is 2.37. The molecule has 0 amide bonds. The molecule has 0 saturated heterocycles. The Labute approximate surface area is 112 Å². The number of fused-ring (bicyclic) bond motifs is 1. The van der Waals surface area contributed by atoms with Crippen LogP contribution in [0.15, 0.2) is 34.7 Å². The first kappa shape index (κ1) is 12.3. The maximum Gasteiger partial charge on any atom is 0.129 e. The van der Waals surface area contributed by atoms with E-state index < -0.39 is 0 Å². The van der Waals surface area contributed by atoms with Gasteiger partial charge in [-0.25, -0.2) is 0 Å². The number of benzene rings is 1. The number of rotatable bonds is 4. The van der Waals surface area contributed by atoms with E-state index in [1.54, 1.807) is 7.11 Å². The molecule has 0 spiro atoms. The summed E-state index contributed by atoms with van der Waals surface area (Å²) in [5.74, 6) is 2.51. The van der Waals surface area contributed by atoms with E-state index in [-0.39, 0.29) is 6.04 Å². The molecule has 1 atom stereocenters. The van der Waals surface area contributed by atoms with Gasteiger partial charge in [0.25, 0.3) is 0 Å². The number of hydrogen-bond donors (Lipinski definition) is 1. The second-order valence-corrected chi connectivity index (χ2v) is 4.68. The minimum Gasteiger partial charge on any atom is -0.493 e. The van der Waals surface area contributed by atoms with Gasteiger partial charge in [-0.3, -0.25) is 0 Å². The van der Waals surface area contributed by atoms with Crippen LogP contribution < -0.4 is 10.5 Å². The summed E-state index contributed by atoms with van der Waals surface area (Å²) in [6, 6.07) is 9.63. The summed E-state index contributed by atoms with van der Waals surface area (Å²) < 4.78 is 16.2. The van der Waals surface area contributed by atoms with Crippen LogP contribution in [0.1, 0.15) is 28.7 Å². The summed E-state index contributed by atoms with van der Waals surface area (Å²) in [4.78, 5) is 0. The molecule has 0 bridgehead atoms. The molecule has 1 unspecified atom stereocenters. The molecule has 4 nitrogen and oxygen atoms in total. The largest absolute Gasteiger partial charge is 0.493 e. The van der Waals surface area contributed by atoms with Crippen molar-refractivity contribution in [2.45, 2.75) is 19.1 Å². The van der Waals surface area contributed by atoms with E-state index in [0.717, 1.165) is 35.9 Å². The molecule has 2 heterocycles. The van der Waals surface area contributed by atoms with Crippen LogP contribution in [-0.4, -0.2) is 13.7 Å². The normalized spacial score (nSPS) is 15.1. The number of furan rings is 1. The third-order valence-corrected chi connectivity index (χ3v) is 3.35. The number of methoxy groups -OCH3 is 1. The van der Waals surface area contributed by atoms with Gasteiger partial charge in [0.1, 0.15) is 23.9 Å². The second-order valence-electron chi connectivity index (χ2n) is 4.68. The van der Waals surface area contributed by atoms with Crippen molar-refractivity contribution in [2.75, 3.05) is 13.7 Å². The van der Waals surface area contributed by atoms with Crippen molar-refractivity contribution in [3.8, 4) is 5.75 Å². The molecule has 0 saturated carbocycles. The molecule has 3 rings (SSSR count). The fraction of sp³-hybridized carbons (Fsp3) is 0.333. The average Bonchev–Trinajstić information content (AvgIpc) is 3.05. The number of nitrogens with two attached hydrogens (primary N) is 1. The topological polar surface area (TPSA) is 57.6 Å². The minimum atomic E-state index is -0.253. The Kier molecular flexibility index (Phi) is 3.27. The van der Waals surface area contributed by atoms with E-state index in [4.69, 9.17) is 19.6 Å². The van der Waals surface area contributed by atoms with Gasteiger partial charge in [-0.15, -0.1) is 0 Å². The zero-order valence-corrected chi connectivity index (χ0v) is 10.9. The summed E-state index contributed by atoms with van der Waals surface area (Å²) >= 11 is 0. The van der Waals surface area contributed by atoms with Gasteiger partial charge >= 0.3 is 0 Å². The van der Waals surface area contributed by atoms with E-state index in [1.807, 2.05) is 24.3 Å². The fourth-order valence-electron chi connectivity index (χ4n) is 2.35. The van der Waals surface area contributed by atoms with Crippen LogP contribution in [0, 0.1) is 0 Å². The van der Waals surface area contributed by atoms with Gasteiger partial charge in [-0.2, -0.15) is 0 Å². The first-order chi connectivity index (χ1) is 9.28. The molecule has 100 valence electrons. The highest BCUT2D eigenvalue weighted by atomic mass is 16.5. The maximum atomic E-state index is 6.24. The maximum absolute atomic E-state index is 6.24. The first-order valence-electron chi connectivity index (χ1n) is 6.36. The van der Waals surface area contributed by atoms with Gasteiger partial charge < -0.3 is 19.6 Å². The van der Waals surface area contributed by atoms with Gasteiger partial charge in [0.2, 0.25) is 0 Å². The Morgan fingerprint density at radius 3 is 3.05 bits per heavy atom. The van der Waals surface area contributed by atoms with Crippen LogP contribution in [0.25, 0.3) is 0 Å². The molecule has 0 aliphatic carbocycles. The van der Waals surface area contributed by atoms with Crippen LogP contribution in [-0.2, 0) is 17.8 Å². The Hall–Kier alpha value is -1.78. The van der Waals surface area contributed by atoms with E-state index in [9.17, 15) is 0 Å². The third-order valence-electron chi connectivity index (χ3n) is 3.35. The summed E-state index contributed by atoms with van der Waals surface area (Å²) in [5, 5.41) is 0. The Morgan fingerprint density at radius 1 is 1.32 bits per heavy atom. The first-order valence-corrected chi connectivity index (χ1v) is 6.36. The predicted octanol–water partition coefficient (Wildman–Crippen LogP) is 2.41. The predicted molar refractivity (Wildman–Crippen MR) is 71.1 cm³/mol. The molecule has 2 N–H and O–H groups in total. The Balaban J connectivity index is 1.84. The van der Waals surface area contributed by atoms with Crippen LogP contribution >= 0.6 is 0 Å². The van der Waals surface area contributed by atoms with E-state index in [1.165, 1.54) is 5.56 Å². The zero-order chi connectivity index (χ0) is 13.2. The van der Waals surface area contributed by atoms with Crippen molar-refractivity contribution in [2.24, 2.45) is 5.73 Å². The molecule has 19 heavy (non-hydrogen) atoms. The Morgan fingerprint density at radius 2 is 2.21 bits per heavy atom. The van der Waals surface area contributed by atoms with Gasteiger partial charge in [0, 0.05) is 13.5 Å².